The van der Waals surface area contributed by atoms with Gasteiger partial charge in [-0.05, 0) is 29.1 Å². The first-order chi connectivity index (χ1) is 11.0. The number of hydrogen-bond acceptors (Lipinski definition) is 3. The Labute approximate surface area is 145 Å². The van der Waals surface area contributed by atoms with Gasteiger partial charge >= 0.3 is 0 Å². The highest BCUT2D eigenvalue weighted by Gasteiger charge is 2.20. The molecule has 1 aromatic carbocycles. The van der Waals surface area contributed by atoms with Gasteiger partial charge in [0, 0.05) is 30.4 Å². The van der Waals surface area contributed by atoms with Gasteiger partial charge in [0.1, 0.15) is 0 Å². The Kier molecular flexibility index (Phi) is 6.19. The Morgan fingerprint density at radius 1 is 1.26 bits per heavy atom. The zero-order valence-electron chi connectivity index (χ0n) is 13.1. The quantitative estimate of drug-likeness (QED) is 0.864. The summed E-state index contributed by atoms with van der Waals surface area (Å²) in [6.45, 7) is 1.97. The van der Waals surface area contributed by atoms with Crippen molar-refractivity contribution in [3.63, 3.8) is 0 Å². The second-order valence-corrected chi connectivity index (χ2v) is 6.76. The maximum atomic E-state index is 12.5. The van der Waals surface area contributed by atoms with Crippen LogP contribution < -0.4 is 5.32 Å². The first-order valence-electron chi connectivity index (χ1n) is 7.24. The number of rotatable bonds is 6. The summed E-state index contributed by atoms with van der Waals surface area (Å²) in [7, 11) is 1.76. The minimum absolute atomic E-state index is 0.0212. The molecule has 0 fully saturated rings. The molecule has 0 spiro atoms. The maximum Gasteiger partial charge on any atom is 0.225 e. The largest absolute Gasteiger partial charge is 0.348 e. The van der Waals surface area contributed by atoms with E-state index in [4.69, 9.17) is 11.6 Å². The fourth-order valence-electron chi connectivity index (χ4n) is 2.24. The van der Waals surface area contributed by atoms with Crippen LogP contribution in [0.4, 0.5) is 0 Å². The molecular formula is C17H19ClN2O2S. The van der Waals surface area contributed by atoms with Crippen molar-refractivity contribution in [3.05, 3.63) is 57.2 Å². The average Bonchev–Trinajstić information content (AvgIpc) is 3.02. The van der Waals surface area contributed by atoms with Gasteiger partial charge in [0.25, 0.3) is 0 Å². The lowest BCUT2D eigenvalue weighted by Crippen LogP contribution is -2.33. The van der Waals surface area contributed by atoms with Gasteiger partial charge in [0.2, 0.25) is 11.8 Å². The van der Waals surface area contributed by atoms with Crippen molar-refractivity contribution in [1.29, 1.82) is 0 Å². The topological polar surface area (TPSA) is 49.4 Å². The van der Waals surface area contributed by atoms with Gasteiger partial charge in [-0.2, -0.15) is 0 Å². The molecule has 0 aliphatic rings. The molecule has 122 valence electrons. The third-order valence-electron chi connectivity index (χ3n) is 3.40. The normalized spacial score (nSPS) is 11.8. The van der Waals surface area contributed by atoms with Crippen LogP contribution in [0.2, 0.25) is 5.02 Å². The smallest absolute Gasteiger partial charge is 0.225 e. The molecule has 1 atom stereocenters. The zero-order valence-corrected chi connectivity index (χ0v) is 14.7. The van der Waals surface area contributed by atoms with Crippen LogP contribution in [0, 0.1) is 0 Å². The lowest BCUT2D eigenvalue weighted by Gasteiger charge is -2.22. The number of nitrogens with zero attached hydrogens (tertiary/aromatic N) is 1. The molecule has 0 saturated carbocycles. The highest BCUT2D eigenvalue weighted by molar-refractivity contribution is 7.10. The van der Waals surface area contributed by atoms with E-state index >= 15 is 0 Å². The number of amides is 2. The van der Waals surface area contributed by atoms with Crippen LogP contribution in [0.5, 0.6) is 0 Å². The van der Waals surface area contributed by atoms with E-state index in [2.05, 4.69) is 5.32 Å². The summed E-state index contributed by atoms with van der Waals surface area (Å²) in [5, 5.41) is 5.45. The Balaban J connectivity index is 1.99. The Morgan fingerprint density at radius 3 is 2.52 bits per heavy atom. The van der Waals surface area contributed by atoms with E-state index in [-0.39, 0.29) is 24.3 Å². The summed E-state index contributed by atoms with van der Waals surface area (Å²) >= 11 is 7.40. The van der Waals surface area contributed by atoms with Crippen molar-refractivity contribution in [1.82, 2.24) is 10.2 Å². The highest BCUT2D eigenvalue weighted by Crippen LogP contribution is 2.23. The highest BCUT2D eigenvalue weighted by atomic mass is 35.5. The van der Waals surface area contributed by atoms with Gasteiger partial charge in [-0.15, -0.1) is 11.3 Å². The molecule has 0 aliphatic carbocycles. The summed E-state index contributed by atoms with van der Waals surface area (Å²) in [6.07, 6.45) is 0.240. The van der Waals surface area contributed by atoms with Crippen molar-refractivity contribution in [2.24, 2.45) is 0 Å². The van der Waals surface area contributed by atoms with Crippen LogP contribution in [-0.2, 0) is 16.1 Å². The van der Waals surface area contributed by atoms with Gasteiger partial charge in [-0.3, -0.25) is 9.59 Å². The van der Waals surface area contributed by atoms with Crippen molar-refractivity contribution >= 4 is 34.8 Å². The Morgan fingerprint density at radius 2 is 1.96 bits per heavy atom. The number of hydrogen-bond donors (Lipinski definition) is 1. The summed E-state index contributed by atoms with van der Waals surface area (Å²) in [5.74, 6) is -0.163. The van der Waals surface area contributed by atoms with Crippen molar-refractivity contribution in [3.8, 4) is 0 Å². The molecule has 1 heterocycles. The lowest BCUT2D eigenvalue weighted by atomic mass is 10.1. The molecule has 6 heteroatoms. The number of carbonyl (C=O) groups is 2. The summed E-state index contributed by atoms with van der Waals surface area (Å²) < 4.78 is 0. The molecule has 23 heavy (non-hydrogen) atoms. The van der Waals surface area contributed by atoms with Crippen LogP contribution in [0.15, 0.2) is 41.8 Å². The zero-order chi connectivity index (χ0) is 16.8. The molecule has 2 aromatic rings. The average molecular weight is 351 g/mol. The lowest BCUT2D eigenvalue weighted by molar-refractivity contribution is -0.131. The van der Waals surface area contributed by atoms with Gasteiger partial charge < -0.3 is 10.2 Å². The molecule has 1 unspecified atom stereocenters. The third-order valence-corrected chi connectivity index (χ3v) is 4.64. The number of nitrogens with one attached hydrogen (secondary N) is 1. The number of benzene rings is 1. The first-order valence-corrected chi connectivity index (χ1v) is 8.50. The third kappa shape index (κ3) is 5.37. The van der Waals surface area contributed by atoms with E-state index < -0.39 is 0 Å². The van der Waals surface area contributed by atoms with Gasteiger partial charge in [0.15, 0.2) is 0 Å². The fourth-order valence-corrected chi connectivity index (χ4v) is 3.14. The molecule has 1 aromatic heterocycles. The van der Waals surface area contributed by atoms with E-state index in [9.17, 15) is 9.59 Å². The second kappa shape index (κ2) is 8.13. The van der Waals surface area contributed by atoms with E-state index in [1.54, 1.807) is 24.1 Å². The molecule has 0 bridgehead atoms. The minimum atomic E-state index is -0.285. The molecule has 2 rings (SSSR count). The monoisotopic (exact) mass is 350 g/mol. The predicted octanol–water partition coefficient (Wildman–Crippen LogP) is 3.63. The molecule has 1 N–H and O–H groups in total. The minimum Gasteiger partial charge on any atom is -0.348 e. The SMILES string of the molecule is CC(=O)NC(CC(=O)N(C)Cc1ccc(Cl)cc1)c1cccs1. The van der Waals surface area contributed by atoms with Gasteiger partial charge in [0.05, 0.1) is 12.5 Å². The van der Waals surface area contributed by atoms with Crippen LogP contribution in [-0.4, -0.2) is 23.8 Å². The van der Waals surface area contributed by atoms with Crippen LogP contribution in [0.3, 0.4) is 0 Å². The fraction of sp³-hybridized carbons (Fsp3) is 0.294. The van der Waals surface area contributed by atoms with Crippen LogP contribution in [0.1, 0.15) is 29.8 Å². The first kappa shape index (κ1) is 17.5. The summed E-state index contributed by atoms with van der Waals surface area (Å²) in [5.41, 5.74) is 1.01. The number of halogens is 1. The van der Waals surface area contributed by atoms with E-state index in [0.717, 1.165) is 10.4 Å². The molecular weight excluding hydrogens is 332 g/mol. The second-order valence-electron chi connectivity index (χ2n) is 5.35. The molecule has 0 saturated heterocycles. The van der Waals surface area contributed by atoms with E-state index in [0.29, 0.717) is 11.6 Å². The van der Waals surface area contributed by atoms with Gasteiger partial charge in [-0.1, -0.05) is 29.8 Å². The van der Waals surface area contributed by atoms with E-state index in [1.165, 1.54) is 18.3 Å². The molecule has 0 aliphatic heterocycles. The van der Waals surface area contributed by atoms with Crippen molar-refractivity contribution in [2.75, 3.05) is 7.05 Å². The predicted molar refractivity (Wildman–Crippen MR) is 93.4 cm³/mol. The Bertz CT molecular complexity index is 656. The van der Waals surface area contributed by atoms with Crippen LogP contribution in [0.25, 0.3) is 0 Å². The number of carbonyl (C=O) groups excluding carboxylic acids is 2. The molecule has 4 nitrogen and oxygen atoms in total. The summed E-state index contributed by atoms with van der Waals surface area (Å²) in [6, 6.07) is 11.0. The standard InChI is InChI=1S/C17H19ClN2O2S/c1-12(21)19-15(16-4-3-9-23-16)10-17(22)20(2)11-13-5-7-14(18)8-6-13/h3-9,15H,10-11H2,1-2H3,(H,19,21). The molecule has 0 radical (unpaired) electrons. The van der Waals surface area contributed by atoms with Crippen LogP contribution >= 0.6 is 22.9 Å². The Hall–Kier alpha value is -1.85. The van der Waals surface area contributed by atoms with E-state index in [1.807, 2.05) is 29.6 Å². The van der Waals surface area contributed by atoms with Gasteiger partial charge in [-0.25, -0.2) is 0 Å². The maximum absolute atomic E-state index is 12.5. The summed E-state index contributed by atoms with van der Waals surface area (Å²) in [4.78, 5) is 26.5. The number of thiophene rings is 1. The van der Waals surface area contributed by atoms with Crippen molar-refractivity contribution < 1.29 is 9.59 Å². The van der Waals surface area contributed by atoms with Crippen molar-refractivity contribution in [2.45, 2.75) is 25.9 Å². The molecule has 2 amide bonds.